The van der Waals surface area contributed by atoms with Gasteiger partial charge in [0.05, 0.1) is 0 Å². The van der Waals surface area contributed by atoms with Crippen molar-refractivity contribution in [2.45, 2.75) is 39.2 Å². The molecule has 0 bridgehead atoms. The van der Waals surface area contributed by atoms with Gasteiger partial charge in [-0.1, -0.05) is 42.8 Å². The molecule has 19 heavy (non-hydrogen) atoms. The predicted octanol–water partition coefficient (Wildman–Crippen LogP) is 4.73. The summed E-state index contributed by atoms with van der Waals surface area (Å²) in [5, 5.41) is 5.83. The quantitative estimate of drug-likeness (QED) is 0.769. The van der Waals surface area contributed by atoms with E-state index in [0.29, 0.717) is 6.04 Å². The van der Waals surface area contributed by atoms with Gasteiger partial charge in [-0.15, -0.1) is 11.3 Å². The average Bonchev–Trinajstić information content (AvgIpc) is 2.95. The first-order valence-corrected chi connectivity index (χ1v) is 8.00. The monoisotopic (exact) mass is 273 g/mol. The first-order chi connectivity index (χ1) is 9.29. The van der Waals surface area contributed by atoms with Crippen molar-refractivity contribution in [2.75, 3.05) is 6.54 Å². The number of thiophene rings is 1. The molecular weight excluding hydrogens is 250 g/mol. The molecule has 1 atom stereocenters. The van der Waals surface area contributed by atoms with E-state index >= 15 is 0 Å². The summed E-state index contributed by atoms with van der Waals surface area (Å²) in [6.07, 6.45) is 3.50. The van der Waals surface area contributed by atoms with E-state index in [1.54, 1.807) is 0 Å². The van der Waals surface area contributed by atoms with Crippen molar-refractivity contribution in [2.24, 2.45) is 0 Å². The molecule has 0 spiro atoms. The highest BCUT2D eigenvalue weighted by Gasteiger charge is 2.11. The second-order valence-electron chi connectivity index (χ2n) is 5.05. The normalized spacial score (nSPS) is 12.5. The third-order valence-corrected chi connectivity index (χ3v) is 4.36. The van der Waals surface area contributed by atoms with Gasteiger partial charge in [0.1, 0.15) is 0 Å². The fraction of sp³-hybridized carbons (Fsp3) is 0.412. The Labute approximate surface area is 120 Å². The second kappa shape index (κ2) is 7.46. The summed E-state index contributed by atoms with van der Waals surface area (Å²) in [5.74, 6) is 0. The van der Waals surface area contributed by atoms with Crippen molar-refractivity contribution in [3.63, 3.8) is 0 Å². The molecule has 0 aliphatic heterocycles. The Morgan fingerprint density at radius 1 is 1.16 bits per heavy atom. The van der Waals surface area contributed by atoms with E-state index < -0.39 is 0 Å². The summed E-state index contributed by atoms with van der Waals surface area (Å²) in [6, 6.07) is 13.8. The Hall–Kier alpha value is -1.12. The number of benzene rings is 1. The van der Waals surface area contributed by atoms with Gasteiger partial charge in [-0.05, 0) is 49.7 Å². The molecule has 2 aromatic rings. The van der Waals surface area contributed by atoms with Crippen molar-refractivity contribution in [1.29, 1.82) is 0 Å². The fourth-order valence-electron chi connectivity index (χ4n) is 2.22. The van der Waals surface area contributed by atoms with E-state index in [1.165, 1.54) is 28.8 Å². The molecule has 0 amide bonds. The molecule has 0 fully saturated rings. The van der Waals surface area contributed by atoms with Gasteiger partial charge in [0.2, 0.25) is 0 Å². The van der Waals surface area contributed by atoms with Crippen molar-refractivity contribution < 1.29 is 0 Å². The van der Waals surface area contributed by atoms with Crippen LogP contribution < -0.4 is 5.32 Å². The van der Waals surface area contributed by atoms with Crippen molar-refractivity contribution in [3.05, 3.63) is 57.8 Å². The maximum absolute atomic E-state index is 3.66. The van der Waals surface area contributed by atoms with Gasteiger partial charge in [0.15, 0.2) is 0 Å². The zero-order valence-electron chi connectivity index (χ0n) is 11.9. The maximum Gasteiger partial charge on any atom is 0.0417 e. The van der Waals surface area contributed by atoms with E-state index in [4.69, 9.17) is 0 Å². The fourth-order valence-corrected chi connectivity index (χ4v) is 3.06. The number of rotatable bonds is 7. The third kappa shape index (κ3) is 4.48. The highest BCUT2D eigenvalue weighted by molar-refractivity contribution is 7.10. The molecule has 2 rings (SSSR count). The third-order valence-electron chi connectivity index (χ3n) is 3.37. The molecule has 1 N–H and O–H groups in total. The molecule has 1 nitrogen and oxygen atoms in total. The smallest absolute Gasteiger partial charge is 0.0417 e. The van der Waals surface area contributed by atoms with Crippen LogP contribution in [0.15, 0.2) is 41.8 Å². The van der Waals surface area contributed by atoms with E-state index in [-0.39, 0.29) is 0 Å². The Balaban J connectivity index is 1.94. The summed E-state index contributed by atoms with van der Waals surface area (Å²) >= 11 is 1.86. The summed E-state index contributed by atoms with van der Waals surface area (Å²) in [5.41, 5.74) is 2.77. The molecule has 102 valence electrons. The molecule has 1 unspecified atom stereocenters. The van der Waals surface area contributed by atoms with Crippen molar-refractivity contribution >= 4 is 11.3 Å². The van der Waals surface area contributed by atoms with Crippen LogP contribution in [0, 0.1) is 6.92 Å². The van der Waals surface area contributed by atoms with Gasteiger partial charge >= 0.3 is 0 Å². The van der Waals surface area contributed by atoms with Crippen LogP contribution in [0.1, 0.15) is 41.8 Å². The van der Waals surface area contributed by atoms with Gasteiger partial charge in [-0.25, -0.2) is 0 Å². The highest BCUT2D eigenvalue weighted by Crippen LogP contribution is 2.23. The van der Waals surface area contributed by atoms with Gasteiger partial charge in [-0.2, -0.15) is 0 Å². The number of hydrogen-bond acceptors (Lipinski definition) is 2. The molecule has 2 heteroatoms. The minimum absolute atomic E-state index is 0.501. The first kappa shape index (κ1) is 14.3. The van der Waals surface area contributed by atoms with E-state index in [9.17, 15) is 0 Å². The maximum atomic E-state index is 3.66. The predicted molar refractivity (Wildman–Crippen MR) is 84.9 cm³/mol. The second-order valence-corrected chi connectivity index (χ2v) is 6.03. The number of hydrogen-bond donors (Lipinski definition) is 1. The lowest BCUT2D eigenvalue weighted by Crippen LogP contribution is -2.21. The molecule has 1 aromatic heterocycles. The lowest BCUT2D eigenvalue weighted by atomic mass is 10.0. The van der Waals surface area contributed by atoms with Crippen LogP contribution >= 0.6 is 11.3 Å². The zero-order valence-corrected chi connectivity index (χ0v) is 12.7. The zero-order chi connectivity index (χ0) is 13.5. The van der Waals surface area contributed by atoms with Crippen LogP contribution in [-0.4, -0.2) is 6.54 Å². The number of nitrogens with one attached hydrogen (secondary N) is 1. The van der Waals surface area contributed by atoms with Gasteiger partial charge in [-0.3, -0.25) is 0 Å². The first-order valence-electron chi connectivity index (χ1n) is 7.12. The Morgan fingerprint density at radius 3 is 2.58 bits per heavy atom. The van der Waals surface area contributed by atoms with Gasteiger partial charge in [0.25, 0.3) is 0 Å². The molecule has 0 aliphatic rings. The summed E-state index contributed by atoms with van der Waals surface area (Å²) in [4.78, 5) is 1.46. The molecule has 0 saturated heterocycles. The SMILES string of the molecule is CCCNC(CCc1ccc(C)cc1)c1cccs1. The van der Waals surface area contributed by atoms with Gasteiger partial charge in [0, 0.05) is 10.9 Å². The summed E-state index contributed by atoms with van der Waals surface area (Å²) < 4.78 is 0. The minimum atomic E-state index is 0.501. The molecule has 0 aliphatic carbocycles. The van der Waals surface area contributed by atoms with Crippen LogP contribution in [0.25, 0.3) is 0 Å². The Kier molecular flexibility index (Phi) is 5.62. The minimum Gasteiger partial charge on any atom is -0.309 e. The molecule has 0 radical (unpaired) electrons. The topological polar surface area (TPSA) is 12.0 Å². The standard InChI is InChI=1S/C17H23NS/c1-3-12-18-16(17-5-4-13-19-17)11-10-15-8-6-14(2)7-9-15/h4-9,13,16,18H,3,10-12H2,1-2H3. The Bertz CT molecular complexity index is 459. The van der Waals surface area contributed by atoms with E-state index in [0.717, 1.165) is 13.0 Å². The van der Waals surface area contributed by atoms with E-state index in [1.807, 2.05) is 11.3 Å². The van der Waals surface area contributed by atoms with Crippen LogP contribution in [0.5, 0.6) is 0 Å². The van der Waals surface area contributed by atoms with Crippen LogP contribution in [0.2, 0.25) is 0 Å². The Morgan fingerprint density at radius 2 is 1.95 bits per heavy atom. The van der Waals surface area contributed by atoms with Crippen LogP contribution in [0.3, 0.4) is 0 Å². The summed E-state index contributed by atoms with van der Waals surface area (Å²) in [7, 11) is 0. The van der Waals surface area contributed by atoms with Crippen molar-refractivity contribution in [1.82, 2.24) is 5.32 Å². The van der Waals surface area contributed by atoms with Crippen LogP contribution in [0.4, 0.5) is 0 Å². The van der Waals surface area contributed by atoms with Crippen molar-refractivity contribution in [3.8, 4) is 0 Å². The summed E-state index contributed by atoms with van der Waals surface area (Å²) in [6.45, 7) is 5.45. The lowest BCUT2D eigenvalue weighted by Gasteiger charge is -2.17. The molecule has 1 heterocycles. The molecule has 0 saturated carbocycles. The highest BCUT2D eigenvalue weighted by atomic mass is 32.1. The van der Waals surface area contributed by atoms with E-state index in [2.05, 4.69) is 60.9 Å². The molecular formula is C17H23NS. The number of aryl methyl sites for hydroxylation is 2. The molecule has 1 aromatic carbocycles. The van der Waals surface area contributed by atoms with Gasteiger partial charge < -0.3 is 5.32 Å². The van der Waals surface area contributed by atoms with Crippen LogP contribution in [-0.2, 0) is 6.42 Å². The largest absolute Gasteiger partial charge is 0.309 e. The average molecular weight is 273 g/mol. The lowest BCUT2D eigenvalue weighted by molar-refractivity contribution is 0.506.